The molecule has 1 aliphatic rings. The number of thiazole rings is 1. The number of aromatic nitrogens is 4. The highest BCUT2D eigenvalue weighted by Crippen LogP contribution is 2.31. The number of aromatic amines is 1. The van der Waals surface area contributed by atoms with E-state index < -0.39 is 0 Å². The molecule has 0 aliphatic heterocycles. The number of benzene rings is 2. The maximum Gasteiger partial charge on any atom is 0.306 e. The molecule has 184 valence electrons. The van der Waals surface area contributed by atoms with Crippen molar-refractivity contribution >= 4 is 68.3 Å². The molecular weight excluding hydrogens is 511 g/mol. The fourth-order valence-electron chi connectivity index (χ4n) is 4.92. The third-order valence-corrected chi connectivity index (χ3v) is 8.94. The summed E-state index contributed by atoms with van der Waals surface area (Å²) in [5.41, 5.74) is 4.61. The van der Waals surface area contributed by atoms with Crippen LogP contribution in [-0.4, -0.2) is 39.3 Å². The van der Waals surface area contributed by atoms with E-state index in [9.17, 15) is 4.79 Å². The number of hydrogen-bond acceptors (Lipinski definition) is 6. The minimum absolute atomic E-state index is 0.0531. The molecule has 5 aromatic rings. The Bertz CT molecular complexity index is 1650. The Kier molecular flexibility index (Phi) is 6.41. The van der Waals surface area contributed by atoms with Crippen molar-refractivity contribution < 1.29 is 13.9 Å². The molecule has 3 aromatic heterocycles. The first-order chi connectivity index (χ1) is 17.6. The maximum absolute atomic E-state index is 12.8. The zero-order valence-corrected chi connectivity index (χ0v) is 22.3. The van der Waals surface area contributed by atoms with E-state index in [4.69, 9.17) is 21.9 Å². The average molecular weight is 537 g/mol. The predicted molar refractivity (Wildman–Crippen MR) is 147 cm³/mol. The number of carbonyl (C=O) groups is 1. The van der Waals surface area contributed by atoms with Crippen molar-refractivity contribution in [3.05, 3.63) is 52.5 Å². The Morgan fingerprint density at radius 2 is 2.08 bits per heavy atom. The molecule has 10 heteroatoms. The normalized spacial score (nSPS) is 14.6. The highest BCUT2D eigenvalue weighted by atomic mass is 32.2. The van der Waals surface area contributed by atoms with Gasteiger partial charge in [0, 0.05) is 12.1 Å². The highest BCUT2D eigenvalue weighted by Gasteiger charge is 2.26. The van der Waals surface area contributed by atoms with Crippen molar-refractivity contribution in [2.75, 3.05) is 12.9 Å². The van der Waals surface area contributed by atoms with Gasteiger partial charge in [-0.05, 0) is 61.1 Å². The number of thioether (sulfide) groups is 1. The molecule has 2 N–H and O–H groups in total. The summed E-state index contributed by atoms with van der Waals surface area (Å²) in [4.78, 5) is 21.5. The minimum Gasteiger partial charge on any atom is -0.497 e. The van der Waals surface area contributed by atoms with Crippen LogP contribution in [0, 0.1) is 3.95 Å². The SMILES string of the molecule is COc1cccc(-n2c(=S)sc3c2nc(SCC(=O)NC2CCCCC2)[n+]2c4ccccc4[nH]c32)c1. The highest BCUT2D eigenvalue weighted by molar-refractivity contribution is 7.99. The molecular formula is C26H26N5O2S3+. The number of H-pyrrole nitrogens is 1. The van der Waals surface area contributed by atoms with Gasteiger partial charge in [-0.15, -0.1) is 0 Å². The van der Waals surface area contributed by atoms with E-state index in [1.54, 1.807) is 7.11 Å². The summed E-state index contributed by atoms with van der Waals surface area (Å²) < 4.78 is 11.2. The van der Waals surface area contributed by atoms with Gasteiger partial charge in [0.2, 0.25) is 11.6 Å². The maximum atomic E-state index is 12.8. The Hall–Kier alpha value is -2.95. The van der Waals surface area contributed by atoms with Gasteiger partial charge >= 0.3 is 5.16 Å². The van der Waals surface area contributed by atoms with E-state index in [0.29, 0.717) is 9.71 Å². The monoisotopic (exact) mass is 536 g/mol. The van der Waals surface area contributed by atoms with Gasteiger partial charge in [0.15, 0.2) is 8.65 Å². The molecule has 0 spiro atoms. The van der Waals surface area contributed by atoms with Crippen LogP contribution >= 0.6 is 35.3 Å². The smallest absolute Gasteiger partial charge is 0.306 e. The van der Waals surface area contributed by atoms with E-state index in [1.807, 2.05) is 41.0 Å². The molecule has 0 radical (unpaired) electrons. The van der Waals surface area contributed by atoms with Gasteiger partial charge in [-0.3, -0.25) is 14.3 Å². The van der Waals surface area contributed by atoms with Crippen LogP contribution in [0.5, 0.6) is 5.75 Å². The standard InChI is InChI=1S/C26H25N5O2S3/c1-33-18-11-7-10-17(14-18)30-24-22(36-26(30)34)23-28-19-12-5-6-13-20(19)31(23)25(29-24)35-15-21(32)27-16-8-3-2-4-9-16/h5-7,10-14,16H,2-4,8-9,15H2,1H3,(H,27,32)/p+1. The van der Waals surface area contributed by atoms with Gasteiger partial charge in [0.05, 0.1) is 18.6 Å². The molecule has 7 nitrogen and oxygen atoms in total. The summed E-state index contributed by atoms with van der Waals surface area (Å²) in [7, 11) is 1.65. The number of amides is 1. The Morgan fingerprint density at radius 1 is 1.25 bits per heavy atom. The zero-order valence-electron chi connectivity index (χ0n) is 19.8. The van der Waals surface area contributed by atoms with E-state index in [-0.39, 0.29) is 11.9 Å². The first-order valence-electron chi connectivity index (χ1n) is 12.1. The van der Waals surface area contributed by atoms with E-state index in [1.165, 1.54) is 42.4 Å². The van der Waals surface area contributed by atoms with Gasteiger partial charge < -0.3 is 10.1 Å². The fourth-order valence-corrected chi connectivity index (χ4v) is 7.10. The van der Waals surface area contributed by atoms with Crippen molar-refractivity contribution in [1.29, 1.82) is 0 Å². The van der Waals surface area contributed by atoms with Crippen LogP contribution in [-0.2, 0) is 4.79 Å². The molecule has 0 bridgehead atoms. The van der Waals surface area contributed by atoms with Crippen LogP contribution in [0.1, 0.15) is 32.1 Å². The summed E-state index contributed by atoms with van der Waals surface area (Å²) in [6.45, 7) is 0. The van der Waals surface area contributed by atoms with Crippen LogP contribution in [0.25, 0.3) is 32.7 Å². The van der Waals surface area contributed by atoms with Crippen molar-refractivity contribution in [2.45, 2.75) is 43.3 Å². The first kappa shape index (κ1) is 23.4. The van der Waals surface area contributed by atoms with Crippen LogP contribution < -0.4 is 14.5 Å². The topological polar surface area (TPSA) is 76.0 Å². The third-order valence-electron chi connectivity index (χ3n) is 6.63. The molecule has 2 aromatic carbocycles. The van der Waals surface area contributed by atoms with Crippen molar-refractivity contribution in [2.24, 2.45) is 0 Å². The summed E-state index contributed by atoms with van der Waals surface area (Å²) in [5, 5.41) is 3.97. The minimum atomic E-state index is 0.0531. The lowest BCUT2D eigenvalue weighted by Crippen LogP contribution is -2.37. The predicted octanol–water partition coefficient (Wildman–Crippen LogP) is 5.59. The second-order valence-electron chi connectivity index (χ2n) is 8.97. The number of nitrogens with one attached hydrogen (secondary N) is 2. The first-order valence-corrected chi connectivity index (χ1v) is 14.3. The van der Waals surface area contributed by atoms with Crippen molar-refractivity contribution in [3.8, 4) is 11.4 Å². The lowest BCUT2D eigenvalue weighted by Gasteiger charge is -2.22. The van der Waals surface area contributed by atoms with E-state index in [2.05, 4.69) is 26.8 Å². The number of ether oxygens (including phenoxy) is 1. The number of imidazole rings is 1. The van der Waals surface area contributed by atoms with Crippen LogP contribution in [0.2, 0.25) is 0 Å². The molecule has 1 fully saturated rings. The molecule has 1 aliphatic carbocycles. The lowest BCUT2D eigenvalue weighted by atomic mass is 9.95. The Balaban J connectivity index is 1.46. The number of para-hydroxylation sites is 2. The third kappa shape index (κ3) is 4.27. The van der Waals surface area contributed by atoms with Crippen molar-refractivity contribution in [3.63, 3.8) is 0 Å². The lowest BCUT2D eigenvalue weighted by molar-refractivity contribution is -0.530. The van der Waals surface area contributed by atoms with Gasteiger partial charge in [-0.25, -0.2) is 0 Å². The largest absolute Gasteiger partial charge is 0.497 e. The molecule has 1 saturated carbocycles. The summed E-state index contributed by atoms with van der Waals surface area (Å²) in [5.74, 6) is 1.11. The number of hydrogen-bond donors (Lipinski definition) is 2. The average Bonchev–Trinajstić information content (AvgIpc) is 3.45. The number of carbonyl (C=O) groups excluding carboxylic acids is 1. The quantitative estimate of drug-likeness (QED) is 0.128. The van der Waals surface area contributed by atoms with Crippen LogP contribution in [0.15, 0.2) is 53.7 Å². The molecule has 1 amide bonds. The zero-order chi connectivity index (χ0) is 24.6. The Morgan fingerprint density at radius 3 is 2.92 bits per heavy atom. The molecule has 3 heterocycles. The van der Waals surface area contributed by atoms with Gasteiger partial charge in [0.25, 0.3) is 5.65 Å². The van der Waals surface area contributed by atoms with Gasteiger partial charge in [-0.2, -0.15) is 4.40 Å². The van der Waals surface area contributed by atoms with E-state index in [0.717, 1.165) is 56.5 Å². The van der Waals surface area contributed by atoms with E-state index >= 15 is 0 Å². The number of fused-ring (bicyclic) bond motifs is 5. The van der Waals surface area contributed by atoms with Gasteiger partial charge in [-0.1, -0.05) is 53.8 Å². The van der Waals surface area contributed by atoms with Crippen LogP contribution in [0.4, 0.5) is 0 Å². The number of methoxy groups -OCH3 is 1. The molecule has 6 rings (SSSR count). The van der Waals surface area contributed by atoms with Crippen molar-refractivity contribution in [1.82, 2.24) is 19.9 Å². The summed E-state index contributed by atoms with van der Waals surface area (Å²) in [6.07, 6.45) is 5.78. The number of rotatable bonds is 6. The van der Waals surface area contributed by atoms with Gasteiger partial charge in [0.1, 0.15) is 16.8 Å². The molecule has 0 saturated heterocycles. The second kappa shape index (κ2) is 9.84. The molecule has 0 unspecified atom stereocenters. The fraction of sp³-hybridized carbons (Fsp3) is 0.308. The number of nitrogens with zero attached hydrogens (tertiary/aromatic N) is 3. The second-order valence-corrected chi connectivity index (χ2v) is 11.6. The Labute approximate surface area is 221 Å². The summed E-state index contributed by atoms with van der Waals surface area (Å²) >= 11 is 8.78. The summed E-state index contributed by atoms with van der Waals surface area (Å²) in [6, 6.07) is 16.2. The van der Waals surface area contributed by atoms with Crippen LogP contribution in [0.3, 0.4) is 0 Å². The molecule has 0 atom stereocenters. The molecule has 36 heavy (non-hydrogen) atoms.